The molecule has 3 rings (SSSR count). The van der Waals surface area contributed by atoms with Gasteiger partial charge in [-0.15, -0.1) is 11.3 Å². The maximum atomic E-state index is 12.5. The van der Waals surface area contributed by atoms with Crippen molar-refractivity contribution >= 4 is 29.0 Å². The minimum Gasteiger partial charge on any atom is -0.491 e. The Labute approximate surface area is 177 Å². The van der Waals surface area contributed by atoms with E-state index in [0.29, 0.717) is 12.3 Å². The Morgan fingerprint density at radius 1 is 1.28 bits per heavy atom. The first-order chi connectivity index (χ1) is 13.9. The Bertz CT molecular complexity index is 1040. The third kappa shape index (κ3) is 5.95. The molecule has 1 amide bonds. The number of aromatic nitrogens is 2. The fourth-order valence-corrected chi connectivity index (χ4v) is 4.51. The molecule has 0 spiro atoms. The maximum absolute atomic E-state index is 12.5. The SMILES string of the molecule is COc1cn(CC(=O)NCc2ccc(C)cc2)c(CSc2nc(C)cs2)cc1=O. The summed E-state index contributed by atoms with van der Waals surface area (Å²) in [6.45, 7) is 4.54. The molecule has 152 valence electrons. The van der Waals surface area contributed by atoms with E-state index in [1.807, 2.05) is 43.5 Å². The highest BCUT2D eigenvalue weighted by Gasteiger charge is 2.12. The van der Waals surface area contributed by atoms with Gasteiger partial charge in [-0.3, -0.25) is 9.59 Å². The Morgan fingerprint density at radius 3 is 2.69 bits per heavy atom. The molecule has 6 nitrogen and oxygen atoms in total. The fourth-order valence-electron chi connectivity index (χ4n) is 2.67. The number of carbonyl (C=O) groups excluding carboxylic acids is 1. The largest absolute Gasteiger partial charge is 0.491 e. The van der Waals surface area contributed by atoms with E-state index in [2.05, 4.69) is 10.3 Å². The van der Waals surface area contributed by atoms with Gasteiger partial charge in [0.2, 0.25) is 11.3 Å². The number of hydrogen-bond donors (Lipinski definition) is 1. The summed E-state index contributed by atoms with van der Waals surface area (Å²) < 4.78 is 7.84. The lowest BCUT2D eigenvalue weighted by atomic mass is 10.1. The van der Waals surface area contributed by atoms with Crippen molar-refractivity contribution in [2.45, 2.75) is 37.0 Å². The fraction of sp³-hybridized carbons (Fsp3) is 0.286. The number of benzene rings is 1. The van der Waals surface area contributed by atoms with Crippen molar-refractivity contribution in [3.63, 3.8) is 0 Å². The van der Waals surface area contributed by atoms with Crippen molar-refractivity contribution in [2.75, 3.05) is 7.11 Å². The maximum Gasteiger partial charge on any atom is 0.240 e. The molecule has 2 aromatic heterocycles. The number of nitrogens with one attached hydrogen (secondary N) is 1. The van der Waals surface area contributed by atoms with E-state index in [9.17, 15) is 9.59 Å². The van der Waals surface area contributed by atoms with Gasteiger partial charge in [-0.1, -0.05) is 41.6 Å². The number of thiazole rings is 1. The van der Waals surface area contributed by atoms with Crippen molar-refractivity contribution < 1.29 is 9.53 Å². The third-order valence-corrected chi connectivity index (χ3v) is 6.44. The molecule has 2 heterocycles. The van der Waals surface area contributed by atoms with Crippen LogP contribution in [-0.4, -0.2) is 22.6 Å². The molecule has 0 saturated carbocycles. The minimum atomic E-state index is -0.199. The molecule has 0 fully saturated rings. The lowest BCUT2D eigenvalue weighted by Crippen LogP contribution is -2.28. The molecule has 1 aromatic carbocycles. The number of thioether (sulfide) groups is 1. The van der Waals surface area contributed by atoms with Crippen LogP contribution in [0.25, 0.3) is 0 Å². The molecule has 0 unspecified atom stereocenters. The molecule has 1 N–H and O–H groups in total. The highest BCUT2D eigenvalue weighted by atomic mass is 32.2. The highest BCUT2D eigenvalue weighted by molar-refractivity contribution is 8.00. The van der Waals surface area contributed by atoms with Gasteiger partial charge in [-0.25, -0.2) is 4.98 Å². The number of pyridine rings is 1. The van der Waals surface area contributed by atoms with Crippen LogP contribution in [0.2, 0.25) is 0 Å². The summed E-state index contributed by atoms with van der Waals surface area (Å²) in [4.78, 5) is 29.1. The first-order valence-corrected chi connectivity index (χ1v) is 11.0. The standard InChI is InChI=1S/C21H23N3O3S2/c1-14-4-6-16(7-5-14)9-22-20(26)11-24-10-19(27-3)18(25)8-17(24)13-29-21-23-15(2)12-28-21/h4-8,10,12H,9,11,13H2,1-3H3,(H,22,26). The van der Waals surface area contributed by atoms with Gasteiger partial charge in [-0.2, -0.15) is 0 Å². The molecule has 8 heteroatoms. The van der Waals surface area contributed by atoms with Crippen molar-refractivity contribution in [2.24, 2.45) is 0 Å². The van der Waals surface area contributed by atoms with E-state index in [-0.39, 0.29) is 23.6 Å². The number of aryl methyl sites for hydroxylation is 2. The van der Waals surface area contributed by atoms with Crippen LogP contribution in [0.5, 0.6) is 5.75 Å². The molecule has 0 aliphatic carbocycles. The van der Waals surface area contributed by atoms with E-state index >= 15 is 0 Å². The van der Waals surface area contributed by atoms with Gasteiger partial charge in [0.15, 0.2) is 5.75 Å². The Hall–Kier alpha value is -2.58. The predicted molar refractivity (Wildman–Crippen MR) is 117 cm³/mol. The van der Waals surface area contributed by atoms with E-state index in [0.717, 1.165) is 21.3 Å². The molecule has 0 atom stereocenters. The second-order valence-electron chi connectivity index (χ2n) is 6.63. The molecule has 0 radical (unpaired) electrons. The average Bonchev–Trinajstić information content (AvgIpc) is 3.12. The van der Waals surface area contributed by atoms with Gasteiger partial charge in [0.05, 0.1) is 13.3 Å². The van der Waals surface area contributed by atoms with Crippen LogP contribution < -0.4 is 15.5 Å². The van der Waals surface area contributed by atoms with Gasteiger partial charge < -0.3 is 14.6 Å². The number of amides is 1. The smallest absolute Gasteiger partial charge is 0.240 e. The van der Waals surface area contributed by atoms with Crippen LogP contribution in [0.15, 0.2) is 51.0 Å². The van der Waals surface area contributed by atoms with Gasteiger partial charge >= 0.3 is 0 Å². The lowest BCUT2D eigenvalue weighted by molar-refractivity contribution is -0.121. The summed E-state index contributed by atoms with van der Waals surface area (Å²) in [5.74, 6) is 0.625. The Balaban J connectivity index is 1.70. The molecular weight excluding hydrogens is 406 g/mol. The van der Waals surface area contributed by atoms with Crippen LogP contribution in [0.3, 0.4) is 0 Å². The van der Waals surface area contributed by atoms with Gasteiger partial charge in [-0.05, 0) is 19.4 Å². The van der Waals surface area contributed by atoms with E-state index in [4.69, 9.17) is 4.74 Å². The summed E-state index contributed by atoms with van der Waals surface area (Å²) in [5.41, 5.74) is 3.74. The number of rotatable bonds is 8. The summed E-state index contributed by atoms with van der Waals surface area (Å²) in [6.07, 6.45) is 1.59. The van der Waals surface area contributed by atoms with Crippen LogP contribution in [0, 0.1) is 13.8 Å². The highest BCUT2D eigenvalue weighted by Crippen LogP contribution is 2.26. The van der Waals surface area contributed by atoms with Crippen molar-refractivity contribution in [3.05, 3.63) is 74.6 Å². The summed E-state index contributed by atoms with van der Waals surface area (Å²) in [7, 11) is 1.45. The van der Waals surface area contributed by atoms with Crippen molar-refractivity contribution in [1.29, 1.82) is 0 Å². The topological polar surface area (TPSA) is 73.2 Å². The van der Waals surface area contributed by atoms with Gasteiger partial charge in [0, 0.05) is 35.1 Å². The van der Waals surface area contributed by atoms with Crippen LogP contribution in [0.1, 0.15) is 22.5 Å². The van der Waals surface area contributed by atoms with Crippen molar-refractivity contribution in [1.82, 2.24) is 14.9 Å². The molecule has 29 heavy (non-hydrogen) atoms. The Kier molecular flexibility index (Phi) is 7.11. The first-order valence-electron chi connectivity index (χ1n) is 9.09. The summed E-state index contributed by atoms with van der Waals surface area (Å²) >= 11 is 3.11. The second-order valence-corrected chi connectivity index (χ2v) is 8.71. The average molecular weight is 430 g/mol. The monoisotopic (exact) mass is 429 g/mol. The van der Waals surface area contributed by atoms with Crippen LogP contribution in [0.4, 0.5) is 0 Å². The minimum absolute atomic E-state index is 0.106. The van der Waals surface area contributed by atoms with E-state index in [1.54, 1.807) is 33.9 Å². The molecular formula is C21H23N3O3S2. The first kappa shape index (κ1) is 21.1. The Morgan fingerprint density at radius 2 is 2.03 bits per heavy atom. The number of hydrogen-bond acceptors (Lipinski definition) is 6. The zero-order chi connectivity index (χ0) is 20.8. The molecule has 3 aromatic rings. The zero-order valence-corrected chi connectivity index (χ0v) is 18.2. The number of methoxy groups -OCH3 is 1. The van der Waals surface area contributed by atoms with Gasteiger partial charge in [0.25, 0.3) is 0 Å². The normalized spacial score (nSPS) is 10.7. The quantitative estimate of drug-likeness (QED) is 0.555. The third-order valence-electron chi connectivity index (χ3n) is 4.27. The molecule has 0 saturated heterocycles. The van der Waals surface area contributed by atoms with Crippen LogP contribution in [-0.2, 0) is 23.6 Å². The molecule has 0 aliphatic rings. The summed E-state index contributed by atoms with van der Waals surface area (Å²) in [5, 5.41) is 4.92. The molecule has 0 aliphatic heterocycles. The van der Waals surface area contributed by atoms with Gasteiger partial charge in [0.1, 0.15) is 10.9 Å². The van der Waals surface area contributed by atoms with Crippen LogP contribution >= 0.6 is 23.1 Å². The van der Waals surface area contributed by atoms with Crippen molar-refractivity contribution in [3.8, 4) is 5.75 Å². The number of carbonyl (C=O) groups is 1. The van der Waals surface area contributed by atoms with E-state index in [1.165, 1.54) is 18.7 Å². The zero-order valence-electron chi connectivity index (χ0n) is 16.6. The lowest BCUT2D eigenvalue weighted by Gasteiger charge is -2.14. The second kappa shape index (κ2) is 9.76. The van der Waals surface area contributed by atoms with E-state index < -0.39 is 0 Å². The molecule has 0 bridgehead atoms. The predicted octanol–water partition coefficient (Wildman–Crippen LogP) is 3.54. The number of ether oxygens (including phenoxy) is 1. The summed E-state index contributed by atoms with van der Waals surface area (Å²) in [6, 6.07) is 9.55. The number of nitrogens with zero attached hydrogens (tertiary/aromatic N) is 2.